The third-order valence-electron chi connectivity index (χ3n) is 2.25. The Morgan fingerprint density at radius 1 is 1.30 bits per heavy atom. The number of hydrogen-bond acceptors (Lipinski definition) is 6. The van der Waals surface area contributed by atoms with E-state index < -0.39 is 37.3 Å². The largest absolute Gasteiger partial charge is 0.376 e. The topological polar surface area (TPSA) is 151 Å². The molecule has 20 heavy (non-hydrogen) atoms. The molecule has 0 aliphatic carbocycles. The van der Waals surface area contributed by atoms with Gasteiger partial charge in [0.15, 0.2) is 0 Å². The Kier molecular flexibility index (Phi) is 8.60. The molecule has 9 nitrogen and oxygen atoms in total. The minimum absolute atomic E-state index is 0.150. The molecule has 0 aromatic carbocycles. The number of alkyl halides is 2. The predicted octanol–water partition coefficient (Wildman–Crippen LogP) is -0.587. The van der Waals surface area contributed by atoms with Crippen molar-refractivity contribution < 1.29 is 29.0 Å². The van der Waals surface area contributed by atoms with E-state index in [1.165, 1.54) is 0 Å². The summed E-state index contributed by atoms with van der Waals surface area (Å²) < 4.78 is 14.6. The van der Waals surface area contributed by atoms with Crippen LogP contribution in [-0.2, 0) is 18.8 Å². The van der Waals surface area contributed by atoms with Gasteiger partial charge in [-0.2, -0.15) is 4.67 Å². The highest BCUT2D eigenvalue weighted by atomic mass is 35.5. The van der Waals surface area contributed by atoms with Crippen LogP contribution in [0.25, 0.3) is 0 Å². The molecule has 0 saturated carbocycles. The van der Waals surface area contributed by atoms with E-state index >= 15 is 0 Å². The van der Waals surface area contributed by atoms with Crippen molar-refractivity contribution in [1.82, 2.24) is 10.6 Å². The summed E-state index contributed by atoms with van der Waals surface area (Å²) in [6, 6.07) is -2.20. The first-order valence-electron chi connectivity index (χ1n) is 5.33. The Morgan fingerprint density at radius 3 is 2.25 bits per heavy atom. The monoisotopic (exact) mass is 351 g/mol. The minimum Gasteiger partial charge on any atom is -0.342 e. The zero-order valence-corrected chi connectivity index (χ0v) is 12.9. The molecule has 0 fully saturated rings. The number of carbonyl (C=O) groups is 2. The molecule has 4 atom stereocenters. The minimum atomic E-state index is -4.41. The van der Waals surface area contributed by atoms with E-state index in [9.17, 15) is 14.2 Å². The SMILES string of the molecule is C[C@H](NC(=O)[C@H](CCl)NC(=O)[C@@H](N)CCl)P(=O)(O)OO. The second-order valence-corrected chi connectivity index (χ2v) is 6.49. The van der Waals surface area contributed by atoms with Crippen molar-refractivity contribution in [3.05, 3.63) is 0 Å². The van der Waals surface area contributed by atoms with Gasteiger partial charge in [-0.3, -0.25) is 14.2 Å². The summed E-state index contributed by atoms with van der Waals surface area (Å²) in [6.45, 7) is 1.13. The maximum atomic E-state index is 11.7. The third-order valence-corrected chi connectivity index (χ3v) is 4.23. The molecule has 0 bridgehead atoms. The van der Waals surface area contributed by atoms with Crippen LogP contribution in [-0.4, -0.2) is 51.6 Å². The summed E-state index contributed by atoms with van der Waals surface area (Å²) in [5.41, 5.74) is 5.36. The molecule has 118 valence electrons. The van der Waals surface area contributed by atoms with Crippen molar-refractivity contribution in [2.75, 3.05) is 11.8 Å². The van der Waals surface area contributed by atoms with Gasteiger partial charge >= 0.3 is 7.60 Å². The lowest BCUT2D eigenvalue weighted by molar-refractivity contribution is -0.148. The molecule has 1 unspecified atom stereocenters. The number of halogens is 2. The lowest BCUT2D eigenvalue weighted by atomic mass is 10.2. The smallest absolute Gasteiger partial charge is 0.342 e. The van der Waals surface area contributed by atoms with Gasteiger partial charge in [0.1, 0.15) is 11.8 Å². The van der Waals surface area contributed by atoms with Crippen molar-refractivity contribution in [2.24, 2.45) is 5.73 Å². The highest BCUT2D eigenvalue weighted by Gasteiger charge is 2.32. The molecular weight excluding hydrogens is 336 g/mol. The molecular formula is C8H16Cl2N3O6P. The Balaban J connectivity index is 4.64. The quantitative estimate of drug-likeness (QED) is 0.170. The maximum absolute atomic E-state index is 11.7. The maximum Gasteiger partial charge on any atom is 0.376 e. The van der Waals surface area contributed by atoms with Gasteiger partial charge in [-0.15, -0.1) is 23.2 Å². The Morgan fingerprint density at radius 2 is 1.85 bits per heavy atom. The van der Waals surface area contributed by atoms with Crippen LogP contribution in [0.15, 0.2) is 0 Å². The number of hydrogen-bond donors (Lipinski definition) is 5. The highest BCUT2D eigenvalue weighted by Crippen LogP contribution is 2.44. The highest BCUT2D eigenvalue weighted by molar-refractivity contribution is 7.53. The second kappa shape index (κ2) is 8.78. The molecule has 0 aromatic heterocycles. The van der Waals surface area contributed by atoms with Crippen molar-refractivity contribution in [1.29, 1.82) is 0 Å². The van der Waals surface area contributed by atoms with Crippen LogP contribution in [0.5, 0.6) is 0 Å². The predicted molar refractivity (Wildman–Crippen MR) is 72.5 cm³/mol. The number of rotatable bonds is 8. The van der Waals surface area contributed by atoms with Gasteiger partial charge in [-0.1, -0.05) is 0 Å². The number of amides is 2. The van der Waals surface area contributed by atoms with Crippen LogP contribution in [0.1, 0.15) is 6.92 Å². The Labute approximate surface area is 125 Å². The molecule has 0 aliphatic heterocycles. The molecule has 0 rings (SSSR count). The molecule has 0 saturated heterocycles. The average molecular weight is 352 g/mol. The van der Waals surface area contributed by atoms with Gasteiger partial charge < -0.3 is 21.3 Å². The molecule has 0 aromatic rings. The summed E-state index contributed by atoms with van der Waals surface area (Å²) in [4.78, 5) is 32.3. The van der Waals surface area contributed by atoms with E-state index in [2.05, 4.69) is 15.3 Å². The van der Waals surface area contributed by atoms with Gasteiger partial charge in [-0.05, 0) is 6.92 Å². The summed E-state index contributed by atoms with van der Waals surface area (Å²) in [5, 5.41) is 12.5. The number of carbonyl (C=O) groups excluding carboxylic acids is 2. The van der Waals surface area contributed by atoms with Crippen molar-refractivity contribution in [2.45, 2.75) is 24.8 Å². The van der Waals surface area contributed by atoms with Crippen LogP contribution in [0.2, 0.25) is 0 Å². The van der Waals surface area contributed by atoms with Gasteiger partial charge in [0.2, 0.25) is 11.8 Å². The van der Waals surface area contributed by atoms with Crippen LogP contribution in [0.3, 0.4) is 0 Å². The summed E-state index contributed by atoms with van der Waals surface area (Å²) in [6.07, 6.45) is 0. The fourth-order valence-electron chi connectivity index (χ4n) is 0.982. The van der Waals surface area contributed by atoms with Crippen LogP contribution >= 0.6 is 30.8 Å². The molecule has 2 amide bonds. The first kappa shape index (κ1) is 19.6. The van der Waals surface area contributed by atoms with Crippen LogP contribution < -0.4 is 16.4 Å². The number of nitrogens with one attached hydrogen (secondary N) is 2. The van der Waals surface area contributed by atoms with Gasteiger partial charge in [0, 0.05) is 5.88 Å². The van der Waals surface area contributed by atoms with Crippen molar-refractivity contribution in [3.63, 3.8) is 0 Å². The molecule has 0 spiro atoms. The molecule has 6 N–H and O–H groups in total. The van der Waals surface area contributed by atoms with E-state index in [4.69, 9.17) is 39.1 Å². The fourth-order valence-corrected chi connectivity index (χ4v) is 1.77. The average Bonchev–Trinajstić information content (AvgIpc) is 2.42. The van der Waals surface area contributed by atoms with Crippen molar-refractivity contribution >= 4 is 42.6 Å². The fraction of sp³-hybridized carbons (Fsp3) is 0.750. The van der Waals surface area contributed by atoms with E-state index in [1.54, 1.807) is 0 Å². The van der Waals surface area contributed by atoms with Crippen molar-refractivity contribution in [3.8, 4) is 0 Å². The van der Waals surface area contributed by atoms with E-state index in [0.29, 0.717) is 0 Å². The Bertz CT molecular complexity index is 398. The van der Waals surface area contributed by atoms with Gasteiger partial charge in [0.05, 0.1) is 11.9 Å². The van der Waals surface area contributed by atoms with Crippen LogP contribution in [0, 0.1) is 0 Å². The van der Waals surface area contributed by atoms with E-state index in [-0.39, 0.29) is 11.8 Å². The molecule has 0 radical (unpaired) electrons. The zero-order chi connectivity index (χ0) is 15.9. The summed E-state index contributed by atoms with van der Waals surface area (Å²) in [5.74, 6) is -3.38. The van der Waals surface area contributed by atoms with Gasteiger partial charge in [0.25, 0.3) is 0 Å². The summed E-state index contributed by atoms with van der Waals surface area (Å²) >= 11 is 10.9. The third kappa shape index (κ3) is 5.92. The van der Waals surface area contributed by atoms with E-state index in [0.717, 1.165) is 6.92 Å². The second-order valence-electron chi connectivity index (χ2n) is 3.81. The standard InChI is InChI=1S/C8H16Cl2N3O6P/c1-4(20(17,18)19-16)12-8(15)6(3-10)13-7(14)5(11)2-9/h4-6,16H,2-3,11H2,1H3,(H,12,15)(H,13,14)(H,17,18)/t4-,5+,6+/m1/s1. The zero-order valence-electron chi connectivity index (χ0n) is 10.5. The molecule has 0 heterocycles. The number of nitrogens with two attached hydrogens (primary N) is 1. The van der Waals surface area contributed by atoms with Crippen LogP contribution in [0.4, 0.5) is 0 Å². The normalized spacial score (nSPS) is 18.5. The van der Waals surface area contributed by atoms with E-state index in [1.807, 2.05) is 0 Å². The lowest BCUT2D eigenvalue weighted by Crippen LogP contribution is -2.54. The first-order valence-corrected chi connectivity index (χ1v) is 8.05. The first-order chi connectivity index (χ1) is 9.19. The molecule has 12 heteroatoms. The summed E-state index contributed by atoms with van der Waals surface area (Å²) in [7, 11) is -4.41. The lowest BCUT2D eigenvalue weighted by Gasteiger charge is -2.21. The Hall–Kier alpha value is -0.410. The molecule has 0 aliphatic rings. The van der Waals surface area contributed by atoms with Gasteiger partial charge in [-0.25, -0.2) is 5.26 Å².